The molecule has 1 amide bonds. The second kappa shape index (κ2) is 9.03. The van der Waals surface area contributed by atoms with E-state index in [2.05, 4.69) is 56.8 Å². The van der Waals surface area contributed by atoms with Gasteiger partial charge in [-0.1, -0.05) is 24.3 Å². The lowest BCUT2D eigenvalue weighted by molar-refractivity contribution is -0.131. The molecule has 0 unspecified atom stereocenters. The molecule has 1 aromatic carbocycles. The predicted octanol–water partition coefficient (Wildman–Crippen LogP) is 5.17. The molecule has 164 valence electrons. The van der Waals surface area contributed by atoms with Crippen LogP contribution in [0.25, 0.3) is 16.9 Å². The molecule has 1 aliphatic heterocycles. The Morgan fingerprint density at radius 3 is 2.81 bits per heavy atom. The number of likely N-dealkylation sites (tertiary alicyclic amines) is 1. The third-order valence-corrected chi connectivity index (χ3v) is 7.28. The Labute approximate surface area is 199 Å². The number of amides is 1. The van der Waals surface area contributed by atoms with Crippen molar-refractivity contribution in [3.05, 3.63) is 69.0 Å². The van der Waals surface area contributed by atoms with Gasteiger partial charge >= 0.3 is 0 Å². The van der Waals surface area contributed by atoms with Crippen LogP contribution in [-0.2, 0) is 11.2 Å². The maximum atomic E-state index is 12.6. The van der Waals surface area contributed by atoms with Crippen molar-refractivity contribution in [2.45, 2.75) is 32.2 Å². The molecule has 0 radical (unpaired) electrons. The summed E-state index contributed by atoms with van der Waals surface area (Å²) in [6, 6.07) is 12.7. The van der Waals surface area contributed by atoms with Gasteiger partial charge in [-0.3, -0.25) is 4.79 Å². The number of carbonyl (C=O) groups is 1. The molecule has 3 aromatic heterocycles. The molecule has 0 atom stereocenters. The monoisotopic (exact) mass is 509 g/mol. The summed E-state index contributed by atoms with van der Waals surface area (Å²) in [7, 11) is 0. The minimum atomic E-state index is 0.214. The number of rotatable bonds is 5. The number of nitrogens with one attached hydrogen (secondary N) is 1. The van der Waals surface area contributed by atoms with E-state index in [9.17, 15) is 4.79 Å². The third-order valence-electron chi connectivity index (χ3n) is 5.98. The Hall–Kier alpha value is -2.71. The van der Waals surface area contributed by atoms with Crippen molar-refractivity contribution in [1.29, 1.82) is 0 Å². The number of halogens is 1. The normalized spacial score (nSPS) is 14.8. The molecule has 5 rings (SSSR count). The number of carbonyl (C=O) groups excluding carboxylic acids is 1. The van der Waals surface area contributed by atoms with Crippen molar-refractivity contribution in [2.24, 2.45) is 0 Å². The van der Waals surface area contributed by atoms with Crippen LogP contribution in [-0.4, -0.2) is 44.5 Å². The fourth-order valence-electron chi connectivity index (χ4n) is 4.20. The Morgan fingerprint density at radius 1 is 1.25 bits per heavy atom. The second-order valence-corrected chi connectivity index (χ2v) is 9.81. The molecule has 4 heterocycles. The first kappa shape index (κ1) is 21.2. The molecule has 4 aromatic rings. The summed E-state index contributed by atoms with van der Waals surface area (Å²) >= 11 is 5.22. The van der Waals surface area contributed by atoms with E-state index >= 15 is 0 Å². The standard InChI is InChI=1S/C24H24BrN5OS/c1-16-4-2-3-5-19(16)21-13-22(30-24(28-21)20(25)14-26-30)27-18-6-9-29(10-7-18)23(31)12-17-8-11-32-15-17/h2-5,8,11,13-15,18,27H,6-7,9-10,12H2,1H3. The summed E-state index contributed by atoms with van der Waals surface area (Å²) in [5, 5.41) is 12.3. The highest BCUT2D eigenvalue weighted by Gasteiger charge is 2.24. The smallest absolute Gasteiger partial charge is 0.227 e. The van der Waals surface area contributed by atoms with Crippen LogP contribution in [0.3, 0.4) is 0 Å². The van der Waals surface area contributed by atoms with E-state index in [0.717, 1.165) is 58.7 Å². The summed E-state index contributed by atoms with van der Waals surface area (Å²) in [4.78, 5) is 19.5. The van der Waals surface area contributed by atoms with E-state index in [1.807, 2.05) is 33.0 Å². The number of aryl methyl sites for hydroxylation is 1. The van der Waals surface area contributed by atoms with Crippen LogP contribution in [0.1, 0.15) is 24.0 Å². The van der Waals surface area contributed by atoms with Crippen LogP contribution in [0.5, 0.6) is 0 Å². The van der Waals surface area contributed by atoms with Gasteiger partial charge in [-0.15, -0.1) is 0 Å². The minimum Gasteiger partial charge on any atom is -0.367 e. The highest BCUT2D eigenvalue weighted by Crippen LogP contribution is 2.29. The molecule has 1 saturated heterocycles. The Morgan fingerprint density at radius 2 is 2.06 bits per heavy atom. The van der Waals surface area contributed by atoms with Crippen LogP contribution in [0.2, 0.25) is 0 Å². The summed E-state index contributed by atoms with van der Waals surface area (Å²) in [5.41, 5.74) is 5.11. The van der Waals surface area contributed by atoms with Crippen molar-refractivity contribution in [3.8, 4) is 11.3 Å². The number of aromatic nitrogens is 3. The van der Waals surface area contributed by atoms with Crippen molar-refractivity contribution < 1.29 is 4.79 Å². The summed E-state index contributed by atoms with van der Waals surface area (Å²) in [5.74, 6) is 1.13. The number of hydrogen-bond acceptors (Lipinski definition) is 5. The van der Waals surface area contributed by atoms with Gasteiger partial charge in [0.2, 0.25) is 5.91 Å². The lowest BCUT2D eigenvalue weighted by Gasteiger charge is -2.33. The van der Waals surface area contributed by atoms with Crippen LogP contribution >= 0.6 is 27.3 Å². The zero-order valence-corrected chi connectivity index (χ0v) is 20.2. The molecule has 32 heavy (non-hydrogen) atoms. The average Bonchev–Trinajstić information content (AvgIpc) is 3.44. The summed E-state index contributed by atoms with van der Waals surface area (Å²) in [6.45, 7) is 3.63. The molecule has 0 bridgehead atoms. The van der Waals surface area contributed by atoms with Gasteiger partial charge in [0.1, 0.15) is 5.82 Å². The molecule has 0 saturated carbocycles. The number of nitrogens with zero attached hydrogens (tertiary/aromatic N) is 4. The van der Waals surface area contributed by atoms with E-state index < -0.39 is 0 Å². The molecular formula is C24H24BrN5OS. The maximum absolute atomic E-state index is 12.6. The molecule has 1 N–H and O–H groups in total. The van der Waals surface area contributed by atoms with Gasteiger partial charge in [0, 0.05) is 30.8 Å². The lowest BCUT2D eigenvalue weighted by atomic mass is 10.0. The van der Waals surface area contributed by atoms with Gasteiger partial charge in [0.15, 0.2) is 5.65 Å². The van der Waals surface area contributed by atoms with E-state index in [4.69, 9.17) is 4.98 Å². The van der Waals surface area contributed by atoms with Crippen LogP contribution in [0.15, 0.2) is 57.8 Å². The average molecular weight is 510 g/mol. The fraction of sp³-hybridized carbons (Fsp3) is 0.292. The van der Waals surface area contributed by atoms with E-state index in [1.165, 1.54) is 5.56 Å². The zero-order chi connectivity index (χ0) is 22.1. The Balaban J connectivity index is 1.33. The van der Waals surface area contributed by atoms with Crippen molar-refractivity contribution >= 4 is 44.6 Å². The van der Waals surface area contributed by atoms with Crippen LogP contribution < -0.4 is 5.32 Å². The van der Waals surface area contributed by atoms with Gasteiger partial charge in [0.05, 0.1) is 22.8 Å². The predicted molar refractivity (Wildman–Crippen MR) is 132 cm³/mol. The highest BCUT2D eigenvalue weighted by molar-refractivity contribution is 9.10. The number of fused-ring (bicyclic) bond motifs is 1. The van der Waals surface area contributed by atoms with Crippen molar-refractivity contribution in [1.82, 2.24) is 19.5 Å². The molecule has 8 heteroatoms. The number of piperidine rings is 1. The topological polar surface area (TPSA) is 62.5 Å². The SMILES string of the molecule is Cc1ccccc1-c1cc(NC2CCN(C(=O)Cc3ccsc3)CC2)n2ncc(Br)c2n1. The molecule has 0 aliphatic carbocycles. The zero-order valence-electron chi connectivity index (χ0n) is 17.8. The Kier molecular flexibility index (Phi) is 5.97. The Bertz CT molecular complexity index is 1240. The van der Waals surface area contributed by atoms with Crippen LogP contribution in [0.4, 0.5) is 5.82 Å². The fourth-order valence-corrected chi connectivity index (χ4v) is 5.22. The van der Waals surface area contributed by atoms with E-state index in [0.29, 0.717) is 6.42 Å². The first-order chi connectivity index (χ1) is 15.6. The molecule has 1 fully saturated rings. The number of hydrogen-bond donors (Lipinski definition) is 1. The molecule has 0 spiro atoms. The highest BCUT2D eigenvalue weighted by atomic mass is 79.9. The number of thiophene rings is 1. The number of anilines is 1. The summed E-state index contributed by atoms with van der Waals surface area (Å²) < 4.78 is 2.71. The largest absolute Gasteiger partial charge is 0.367 e. The maximum Gasteiger partial charge on any atom is 0.227 e. The van der Waals surface area contributed by atoms with E-state index in [-0.39, 0.29) is 11.9 Å². The van der Waals surface area contributed by atoms with Crippen LogP contribution in [0, 0.1) is 6.92 Å². The molecule has 6 nitrogen and oxygen atoms in total. The first-order valence-corrected chi connectivity index (χ1v) is 12.5. The second-order valence-electron chi connectivity index (χ2n) is 8.18. The molecule has 1 aliphatic rings. The number of benzene rings is 1. The van der Waals surface area contributed by atoms with Crippen molar-refractivity contribution in [2.75, 3.05) is 18.4 Å². The van der Waals surface area contributed by atoms with Crippen molar-refractivity contribution in [3.63, 3.8) is 0 Å². The van der Waals surface area contributed by atoms with Gasteiger partial charge in [-0.05, 0) is 63.6 Å². The molecular weight excluding hydrogens is 486 g/mol. The third kappa shape index (κ3) is 4.29. The first-order valence-electron chi connectivity index (χ1n) is 10.7. The van der Waals surface area contributed by atoms with Gasteiger partial charge in [0.25, 0.3) is 0 Å². The lowest BCUT2D eigenvalue weighted by Crippen LogP contribution is -2.43. The van der Waals surface area contributed by atoms with Gasteiger partial charge in [-0.25, -0.2) is 4.98 Å². The minimum absolute atomic E-state index is 0.214. The van der Waals surface area contributed by atoms with Gasteiger partial charge < -0.3 is 10.2 Å². The van der Waals surface area contributed by atoms with Gasteiger partial charge in [-0.2, -0.15) is 21.0 Å². The summed E-state index contributed by atoms with van der Waals surface area (Å²) in [6.07, 6.45) is 4.08. The quantitative estimate of drug-likeness (QED) is 0.402. The van der Waals surface area contributed by atoms with E-state index in [1.54, 1.807) is 17.5 Å².